The van der Waals surface area contributed by atoms with E-state index in [9.17, 15) is 9.59 Å². The zero-order valence-corrected chi connectivity index (χ0v) is 17.7. The van der Waals surface area contributed by atoms with E-state index in [1.165, 1.54) is 5.57 Å². The summed E-state index contributed by atoms with van der Waals surface area (Å²) in [4.78, 5) is 24.0. The van der Waals surface area contributed by atoms with Gasteiger partial charge in [0, 0.05) is 11.1 Å². The molecule has 0 aromatic heterocycles. The van der Waals surface area contributed by atoms with Crippen molar-refractivity contribution in [2.45, 2.75) is 68.7 Å². The van der Waals surface area contributed by atoms with Crippen LogP contribution in [0.25, 0.3) is 0 Å². The van der Waals surface area contributed by atoms with Gasteiger partial charge >= 0.3 is 11.9 Å². The highest BCUT2D eigenvalue weighted by Crippen LogP contribution is 2.27. The zero-order chi connectivity index (χ0) is 21.7. The smallest absolute Gasteiger partial charge is 0.331 e. The van der Waals surface area contributed by atoms with Gasteiger partial charge in [-0.05, 0) is 52.0 Å². The van der Waals surface area contributed by atoms with Gasteiger partial charge < -0.3 is 10.2 Å². The Hall–Kier alpha value is -1.92. The van der Waals surface area contributed by atoms with Crippen molar-refractivity contribution in [2.24, 2.45) is 5.41 Å². The van der Waals surface area contributed by atoms with Crippen LogP contribution in [0.4, 0.5) is 0 Å². The molecule has 0 fully saturated rings. The molecule has 0 radical (unpaired) electrons. The van der Waals surface area contributed by atoms with Crippen molar-refractivity contribution in [1.29, 1.82) is 0 Å². The van der Waals surface area contributed by atoms with Crippen LogP contribution in [0.15, 0.2) is 34.4 Å². The first-order chi connectivity index (χ1) is 11.6. The third kappa shape index (κ3) is 15.6. The molecule has 6 nitrogen and oxygen atoms in total. The molecule has 152 valence electrons. The first-order valence-corrected chi connectivity index (χ1v) is 8.34. The molecule has 0 aliphatic rings. The van der Waals surface area contributed by atoms with E-state index in [-0.39, 0.29) is 11.0 Å². The summed E-state index contributed by atoms with van der Waals surface area (Å²) in [7, 11) is 0. The highest BCUT2D eigenvalue weighted by Gasteiger charge is 2.14. The third-order valence-electron chi connectivity index (χ3n) is 3.85. The number of aliphatic carboxylic acids is 2. The summed E-state index contributed by atoms with van der Waals surface area (Å²) >= 11 is 0. The molecule has 3 N–H and O–H groups in total. The van der Waals surface area contributed by atoms with Gasteiger partial charge in [0.25, 0.3) is 0 Å². The minimum absolute atomic E-state index is 0.169. The quantitative estimate of drug-likeness (QED) is 0.261. The van der Waals surface area contributed by atoms with E-state index in [1.807, 2.05) is 6.92 Å². The highest BCUT2D eigenvalue weighted by molar-refractivity contribution is 5.86. The van der Waals surface area contributed by atoms with Crippen LogP contribution in [0, 0.1) is 5.41 Å². The first-order valence-electron chi connectivity index (χ1n) is 8.34. The number of hydrogen-bond acceptors (Lipinski definition) is 4. The fraction of sp³-hybridized carbons (Fsp3) is 0.600. The van der Waals surface area contributed by atoms with Crippen molar-refractivity contribution in [3.8, 4) is 0 Å². The monoisotopic (exact) mass is 372 g/mol. The molecule has 0 bridgehead atoms. The largest absolute Gasteiger partial charge is 0.478 e. The van der Waals surface area contributed by atoms with E-state index in [4.69, 9.17) is 15.5 Å². The lowest BCUT2D eigenvalue weighted by atomic mass is 9.85. The van der Waals surface area contributed by atoms with Crippen molar-refractivity contribution in [3.63, 3.8) is 0 Å². The van der Waals surface area contributed by atoms with Crippen LogP contribution < -0.4 is 0 Å². The Kier molecular flexibility index (Phi) is 15.8. The van der Waals surface area contributed by atoms with Crippen LogP contribution in [0.3, 0.4) is 0 Å². The van der Waals surface area contributed by atoms with Gasteiger partial charge in [-0.3, -0.25) is 5.26 Å². The summed E-state index contributed by atoms with van der Waals surface area (Å²) in [5, 5.41) is 24.6. The molecular weight excluding hydrogens is 336 g/mol. The van der Waals surface area contributed by atoms with Crippen molar-refractivity contribution in [2.75, 3.05) is 6.61 Å². The average molecular weight is 373 g/mol. The van der Waals surface area contributed by atoms with Crippen LogP contribution in [0.5, 0.6) is 0 Å². The van der Waals surface area contributed by atoms with E-state index >= 15 is 0 Å². The number of allylic oxidation sites excluding steroid dienone is 2. The Morgan fingerprint density at radius 3 is 1.50 bits per heavy atom. The summed E-state index contributed by atoms with van der Waals surface area (Å²) in [5.41, 5.74) is 4.09. The van der Waals surface area contributed by atoms with Crippen molar-refractivity contribution >= 4 is 11.9 Å². The molecule has 0 heterocycles. The number of carbonyl (C=O) groups is 2. The molecular formula is C20H36O6. The maximum atomic E-state index is 10.1. The lowest BCUT2D eigenvalue weighted by Crippen LogP contribution is -2.10. The lowest BCUT2D eigenvalue weighted by Gasteiger charge is -2.21. The molecule has 0 saturated carbocycles. The zero-order valence-electron chi connectivity index (χ0n) is 17.7. The number of rotatable bonds is 5. The van der Waals surface area contributed by atoms with Gasteiger partial charge in [0.05, 0.1) is 0 Å². The van der Waals surface area contributed by atoms with E-state index < -0.39 is 11.9 Å². The van der Waals surface area contributed by atoms with Crippen molar-refractivity contribution in [3.05, 3.63) is 34.4 Å². The van der Waals surface area contributed by atoms with E-state index in [2.05, 4.69) is 39.2 Å². The van der Waals surface area contributed by atoms with E-state index in [0.29, 0.717) is 18.6 Å². The molecule has 0 aliphatic heterocycles. The Morgan fingerprint density at radius 1 is 0.962 bits per heavy atom. The standard InChI is InChI=1S/C9H18O2.C6H10O2.C5H8O2/c1-7(6-11-10)8(2)9(3,4)5;1-4(2)5(3)6(7)8;1-3-4(2)5(6)7/h10H,6H2,1-5H3;1-3H3,(H,7,8);2-3H2,1H3,(H,6,7)/b8-7-;;. The van der Waals surface area contributed by atoms with Gasteiger partial charge in [0.2, 0.25) is 0 Å². The predicted molar refractivity (Wildman–Crippen MR) is 105 cm³/mol. The second kappa shape index (κ2) is 14.3. The summed E-state index contributed by atoms with van der Waals surface area (Å²) in [6, 6.07) is 0. The van der Waals surface area contributed by atoms with Crippen molar-refractivity contribution in [1.82, 2.24) is 0 Å². The fourth-order valence-electron chi connectivity index (χ4n) is 1.21. The Balaban J connectivity index is -0.000000315. The van der Waals surface area contributed by atoms with Crippen molar-refractivity contribution < 1.29 is 29.9 Å². The van der Waals surface area contributed by atoms with Gasteiger partial charge in [0.1, 0.15) is 6.61 Å². The van der Waals surface area contributed by atoms with Gasteiger partial charge in [-0.1, -0.05) is 45.4 Å². The highest BCUT2D eigenvalue weighted by atomic mass is 17.1. The summed E-state index contributed by atoms with van der Waals surface area (Å²) in [6.07, 6.45) is 0.523. The Bertz CT molecular complexity index is 529. The van der Waals surface area contributed by atoms with Gasteiger partial charge in [-0.2, -0.15) is 0 Å². The maximum absolute atomic E-state index is 10.1. The molecule has 0 atom stereocenters. The molecule has 0 saturated heterocycles. The predicted octanol–water partition coefficient (Wildman–Crippen LogP) is 5.32. The normalized spacial score (nSPS) is 11.0. The fourth-order valence-corrected chi connectivity index (χ4v) is 1.21. The molecule has 0 unspecified atom stereocenters. The second-order valence-electron chi connectivity index (χ2n) is 7.12. The van der Waals surface area contributed by atoms with Crippen LogP contribution in [0.1, 0.15) is 68.7 Å². The summed E-state index contributed by atoms with van der Waals surface area (Å²) in [6.45, 7) is 21.0. The minimum Gasteiger partial charge on any atom is -0.478 e. The molecule has 0 spiro atoms. The number of hydrogen-bond donors (Lipinski definition) is 3. The topological polar surface area (TPSA) is 104 Å². The van der Waals surface area contributed by atoms with Crippen LogP contribution >= 0.6 is 0 Å². The molecule has 26 heavy (non-hydrogen) atoms. The molecule has 0 aromatic carbocycles. The third-order valence-corrected chi connectivity index (χ3v) is 3.85. The lowest BCUT2D eigenvalue weighted by molar-refractivity contribution is -0.234. The summed E-state index contributed by atoms with van der Waals surface area (Å²) in [5.74, 6) is -1.73. The SMILES string of the molecule is C/C(COO)=C(\C)C(C)(C)C.C=C(CC)C(=O)O.CC(C)=C(C)C(=O)O. The first kappa shape index (κ1) is 28.9. The average Bonchev–Trinajstić information content (AvgIpc) is 2.52. The minimum atomic E-state index is -0.900. The van der Waals surface area contributed by atoms with Crippen LogP contribution in [-0.2, 0) is 14.5 Å². The molecule has 6 heteroatoms. The van der Waals surface area contributed by atoms with Gasteiger partial charge in [-0.15, -0.1) is 0 Å². The molecule has 0 aliphatic carbocycles. The molecule has 0 amide bonds. The Morgan fingerprint density at radius 2 is 1.38 bits per heavy atom. The number of carboxylic acid groups (broad SMARTS) is 2. The molecule has 0 rings (SSSR count). The van der Waals surface area contributed by atoms with Gasteiger partial charge in [0.15, 0.2) is 0 Å². The van der Waals surface area contributed by atoms with Gasteiger partial charge in [-0.25, -0.2) is 14.5 Å². The second-order valence-corrected chi connectivity index (χ2v) is 7.12. The Labute approximate surface area is 157 Å². The maximum Gasteiger partial charge on any atom is 0.331 e. The molecule has 0 aromatic rings. The van der Waals surface area contributed by atoms with Crippen LogP contribution in [0.2, 0.25) is 0 Å². The number of carboxylic acids is 2. The van der Waals surface area contributed by atoms with E-state index in [1.54, 1.807) is 27.7 Å². The summed E-state index contributed by atoms with van der Waals surface area (Å²) < 4.78 is 0. The van der Waals surface area contributed by atoms with Crippen LogP contribution in [-0.4, -0.2) is 34.0 Å². The van der Waals surface area contributed by atoms with E-state index in [0.717, 1.165) is 11.1 Å².